The molecule has 2 aliphatic heterocycles. The first-order valence-electron chi connectivity index (χ1n) is 7.11. The summed E-state index contributed by atoms with van der Waals surface area (Å²) in [5, 5.41) is 11.5. The van der Waals surface area contributed by atoms with Gasteiger partial charge in [-0.3, -0.25) is 14.5 Å². The van der Waals surface area contributed by atoms with Crippen LogP contribution in [0.3, 0.4) is 0 Å². The average molecular weight is 298 g/mol. The molecule has 0 aromatic carbocycles. The minimum atomic E-state index is -0.858. The highest BCUT2D eigenvalue weighted by Crippen LogP contribution is 2.20. The number of carboxylic acids is 1. The predicted molar refractivity (Wildman–Crippen MR) is 74.8 cm³/mol. The lowest BCUT2D eigenvalue weighted by Crippen LogP contribution is -2.66. The van der Waals surface area contributed by atoms with Crippen LogP contribution in [0.15, 0.2) is 0 Å². The second kappa shape index (κ2) is 5.88. The Bertz CT molecular complexity index is 443. The fourth-order valence-electron chi connectivity index (χ4n) is 2.69. The summed E-state index contributed by atoms with van der Waals surface area (Å²) >= 11 is 0. The maximum absolute atomic E-state index is 12.6. The molecular formula is C13H22N4O4. The molecule has 0 aromatic heterocycles. The van der Waals surface area contributed by atoms with Crippen molar-refractivity contribution in [3.05, 3.63) is 0 Å². The highest BCUT2D eigenvalue weighted by molar-refractivity contribution is 5.91. The molecule has 8 heteroatoms. The van der Waals surface area contributed by atoms with E-state index in [2.05, 4.69) is 5.32 Å². The Morgan fingerprint density at radius 2 is 1.81 bits per heavy atom. The van der Waals surface area contributed by atoms with Gasteiger partial charge in [-0.15, -0.1) is 0 Å². The van der Waals surface area contributed by atoms with Gasteiger partial charge < -0.3 is 20.2 Å². The summed E-state index contributed by atoms with van der Waals surface area (Å²) in [5.74, 6) is -1.00. The van der Waals surface area contributed by atoms with E-state index >= 15 is 0 Å². The Morgan fingerprint density at radius 3 is 2.38 bits per heavy atom. The molecule has 8 nitrogen and oxygen atoms in total. The summed E-state index contributed by atoms with van der Waals surface area (Å²) in [7, 11) is 0. The van der Waals surface area contributed by atoms with Crippen molar-refractivity contribution in [2.24, 2.45) is 0 Å². The molecule has 0 unspecified atom stereocenters. The first kappa shape index (κ1) is 15.6. The van der Waals surface area contributed by atoms with E-state index in [9.17, 15) is 14.4 Å². The van der Waals surface area contributed by atoms with Crippen molar-refractivity contribution < 1.29 is 19.5 Å². The number of nitrogens with zero attached hydrogens (tertiary/aromatic N) is 3. The lowest BCUT2D eigenvalue weighted by Gasteiger charge is -2.45. The molecule has 118 valence electrons. The van der Waals surface area contributed by atoms with Gasteiger partial charge in [0.1, 0.15) is 5.54 Å². The maximum Gasteiger partial charge on any atom is 0.321 e. The van der Waals surface area contributed by atoms with Crippen LogP contribution in [-0.2, 0) is 9.59 Å². The fourth-order valence-corrected chi connectivity index (χ4v) is 2.69. The number of piperazine rings is 2. The second-order valence-electron chi connectivity index (χ2n) is 5.91. The lowest BCUT2D eigenvalue weighted by molar-refractivity contribution is -0.139. The van der Waals surface area contributed by atoms with Crippen molar-refractivity contribution in [3.63, 3.8) is 0 Å². The monoisotopic (exact) mass is 298 g/mol. The normalized spacial score (nSPS) is 22.9. The molecule has 2 aliphatic rings. The minimum absolute atomic E-state index is 0.000353. The maximum atomic E-state index is 12.6. The third kappa shape index (κ3) is 3.26. The molecule has 2 fully saturated rings. The molecule has 0 aliphatic carbocycles. The Hall–Kier alpha value is -1.83. The van der Waals surface area contributed by atoms with Gasteiger partial charge in [-0.05, 0) is 13.8 Å². The first-order valence-corrected chi connectivity index (χ1v) is 7.11. The Morgan fingerprint density at radius 1 is 1.19 bits per heavy atom. The molecule has 0 bridgehead atoms. The van der Waals surface area contributed by atoms with Crippen molar-refractivity contribution >= 4 is 17.9 Å². The molecule has 2 heterocycles. The van der Waals surface area contributed by atoms with Crippen LogP contribution < -0.4 is 5.32 Å². The number of carboxylic acid groups (broad SMARTS) is 1. The largest absolute Gasteiger partial charge is 0.480 e. The van der Waals surface area contributed by atoms with Crippen LogP contribution in [-0.4, -0.2) is 89.1 Å². The number of hydrogen-bond acceptors (Lipinski definition) is 4. The Labute approximate surface area is 123 Å². The molecule has 0 aromatic rings. The van der Waals surface area contributed by atoms with Gasteiger partial charge in [0.05, 0.1) is 6.54 Å². The van der Waals surface area contributed by atoms with Crippen LogP contribution in [0.2, 0.25) is 0 Å². The lowest BCUT2D eigenvalue weighted by atomic mass is 9.99. The molecular weight excluding hydrogens is 276 g/mol. The van der Waals surface area contributed by atoms with Gasteiger partial charge in [-0.1, -0.05) is 0 Å². The number of aliphatic carboxylic acids is 1. The van der Waals surface area contributed by atoms with E-state index in [4.69, 9.17) is 5.11 Å². The molecule has 0 saturated carbocycles. The standard InChI is InChI=1S/C13H22N4O4/c1-13(2)11(20)14-3-4-17(13)12(21)16-7-5-15(6-8-16)9-10(18)19/h3-9H2,1-2H3,(H,14,20)(H,18,19). The summed E-state index contributed by atoms with van der Waals surface area (Å²) < 4.78 is 0. The van der Waals surface area contributed by atoms with Crippen molar-refractivity contribution in [2.45, 2.75) is 19.4 Å². The van der Waals surface area contributed by atoms with Crippen LogP contribution in [0.1, 0.15) is 13.8 Å². The van der Waals surface area contributed by atoms with Crippen molar-refractivity contribution in [2.75, 3.05) is 45.8 Å². The fraction of sp³-hybridized carbons (Fsp3) is 0.769. The van der Waals surface area contributed by atoms with E-state index in [0.29, 0.717) is 39.3 Å². The van der Waals surface area contributed by atoms with Gasteiger partial charge in [0.15, 0.2) is 0 Å². The van der Waals surface area contributed by atoms with E-state index in [0.717, 1.165) is 0 Å². The zero-order valence-electron chi connectivity index (χ0n) is 12.5. The summed E-state index contributed by atoms with van der Waals surface area (Å²) in [6, 6.07) is -0.148. The number of amides is 3. The first-order chi connectivity index (χ1) is 9.82. The number of carbonyl (C=O) groups is 3. The van der Waals surface area contributed by atoms with Gasteiger partial charge in [0.2, 0.25) is 5.91 Å². The molecule has 0 atom stereocenters. The van der Waals surface area contributed by atoms with Crippen LogP contribution in [0, 0.1) is 0 Å². The summed E-state index contributed by atoms with van der Waals surface area (Å²) in [5.41, 5.74) is -0.854. The molecule has 2 saturated heterocycles. The van der Waals surface area contributed by atoms with Gasteiger partial charge in [0.25, 0.3) is 0 Å². The Kier molecular flexibility index (Phi) is 4.36. The summed E-state index contributed by atoms with van der Waals surface area (Å²) in [4.78, 5) is 40.2. The molecule has 2 rings (SSSR count). The summed E-state index contributed by atoms with van der Waals surface area (Å²) in [6.45, 7) is 6.48. The van der Waals surface area contributed by atoms with Gasteiger partial charge in [-0.2, -0.15) is 0 Å². The van der Waals surface area contributed by atoms with Crippen molar-refractivity contribution in [1.29, 1.82) is 0 Å². The highest BCUT2D eigenvalue weighted by atomic mass is 16.4. The molecule has 21 heavy (non-hydrogen) atoms. The number of hydrogen-bond donors (Lipinski definition) is 2. The van der Waals surface area contributed by atoms with Crippen LogP contribution in [0.25, 0.3) is 0 Å². The smallest absolute Gasteiger partial charge is 0.321 e. The van der Waals surface area contributed by atoms with Crippen molar-refractivity contribution in [3.8, 4) is 0 Å². The van der Waals surface area contributed by atoms with Gasteiger partial charge in [0, 0.05) is 39.3 Å². The third-order valence-electron chi connectivity index (χ3n) is 4.08. The van der Waals surface area contributed by atoms with Gasteiger partial charge >= 0.3 is 12.0 Å². The molecule has 3 amide bonds. The van der Waals surface area contributed by atoms with Crippen LogP contribution in [0.5, 0.6) is 0 Å². The number of rotatable bonds is 2. The Balaban J connectivity index is 1.95. The number of urea groups is 1. The highest BCUT2D eigenvalue weighted by Gasteiger charge is 2.42. The average Bonchev–Trinajstić information content (AvgIpc) is 2.41. The topological polar surface area (TPSA) is 93.2 Å². The van der Waals surface area contributed by atoms with E-state index in [1.54, 1.807) is 28.5 Å². The van der Waals surface area contributed by atoms with E-state index in [1.807, 2.05) is 0 Å². The zero-order valence-corrected chi connectivity index (χ0v) is 12.5. The predicted octanol–water partition coefficient (Wildman–Crippen LogP) is -0.981. The van der Waals surface area contributed by atoms with Crippen LogP contribution in [0.4, 0.5) is 4.79 Å². The second-order valence-corrected chi connectivity index (χ2v) is 5.91. The molecule has 2 N–H and O–H groups in total. The summed E-state index contributed by atoms with van der Waals surface area (Å²) in [6.07, 6.45) is 0. The van der Waals surface area contributed by atoms with Crippen LogP contribution >= 0.6 is 0 Å². The molecule has 0 radical (unpaired) electrons. The minimum Gasteiger partial charge on any atom is -0.480 e. The quantitative estimate of drug-likeness (QED) is 0.683. The number of carbonyl (C=O) groups excluding carboxylic acids is 2. The van der Waals surface area contributed by atoms with E-state index in [1.165, 1.54) is 0 Å². The SMILES string of the molecule is CC1(C)C(=O)NCCN1C(=O)N1CCN(CC(=O)O)CC1. The van der Waals surface area contributed by atoms with Gasteiger partial charge in [-0.25, -0.2) is 4.79 Å². The molecule has 0 spiro atoms. The number of nitrogens with one attached hydrogen (secondary N) is 1. The van der Waals surface area contributed by atoms with E-state index < -0.39 is 11.5 Å². The third-order valence-corrected chi connectivity index (χ3v) is 4.08. The van der Waals surface area contributed by atoms with Crippen molar-refractivity contribution in [1.82, 2.24) is 20.0 Å². The zero-order chi connectivity index (χ0) is 15.6. The van der Waals surface area contributed by atoms with E-state index in [-0.39, 0.29) is 18.5 Å².